The Kier molecular flexibility index (Phi) is 3.05. The lowest BCUT2D eigenvalue weighted by atomic mass is 10.2. The van der Waals surface area contributed by atoms with Gasteiger partial charge in [-0.3, -0.25) is 0 Å². The van der Waals surface area contributed by atoms with Crippen molar-refractivity contribution in [2.75, 3.05) is 5.75 Å². The quantitative estimate of drug-likeness (QED) is 0.742. The summed E-state index contributed by atoms with van der Waals surface area (Å²) in [5, 5.41) is 2.09. The summed E-state index contributed by atoms with van der Waals surface area (Å²) in [6.45, 7) is 0. The molecule has 0 spiro atoms. The van der Waals surface area contributed by atoms with Gasteiger partial charge < -0.3 is 0 Å². The van der Waals surface area contributed by atoms with Crippen LogP contribution in [0, 0.1) is 0 Å². The maximum absolute atomic E-state index is 12.1. The number of fused-ring (bicyclic) bond motifs is 1. The van der Waals surface area contributed by atoms with Gasteiger partial charge in [-0.15, -0.1) is 0 Å². The van der Waals surface area contributed by atoms with E-state index in [2.05, 4.69) is 4.98 Å². The number of hydrogen-bond donors (Lipinski definition) is 0. The fraction of sp³-hybridized carbons (Fsp3) is 0.182. The van der Waals surface area contributed by atoms with Crippen LogP contribution in [0.3, 0.4) is 0 Å². The van der Waals surface area contributed by atoms with E-state index < -0.39 is 11.9 Å². The van der Waals surface area contributed by atoms with Gasteiger partial charge in [0.25, 0.3) is 0 Å². The van der Waals surface area contributed by atoms with Crippen LogP contribution in [0.4, 0.5) is 13.2 Å². The summed E-state index contributed by atoms with van der Waals surface area (Å²) in [4.78, 5) is 3.97. The zero-order valence-corrected chi connectivity index (χ0v) is 8.98. The smallest absolute Gasteiger partial charge is 0.249 e. The van der Waals surface area contributed by atoms with Crippen LogP contribution in [0.5, 0.6) is 0 Å². The predicted molar refractivity (Wildman–Crippen MR) is 58.5 cm³/mol. The number of alkyl halides is 3. The summed E-state index contributed by atoms with van der Waals surface area (Å²) in [7, 11) is 0. The minimum absolute atomic E-state index is 0.426. The van der Waals surface area contributed by atoms with Crippen LogP contribution in [0.25, 0.3) is 10.8 Å². The number of benzene rings is 1. The van der Waals surface area contributed by atoms with Crippen molar-refractivity contribution in [3.05, 3.63) is 36.5 Å². The highest BCUT2D eigenvalue weighted by atomic mass is 32.2. The molecule has 0 unspecified atom stereocenters. The molecule has 0 saturated heterocycles. The third-order valence-corrected chi connectivity index (χ3v) is 3.08. The van der Waals surface area contributed by atoms with Gasteiger partial charge in [-0.1, -0.05) is 36.0 Å². The average molecular weight is 243 g/mol. The molecule has 0 aliphatic carbocycles. The highest BCUT2D eigenvalue weighted by Crippen LogP contribution is 2.30. The highest BCUT2D eigenvalue weighted by Gasteiger charge is 2.27. The van der Waals surface area contributed by atoms with Crippen molar-refractivity contribution in [3.8, 4) is 0 Å². The Morgan fingerprint density at radius 3 is 2.62 bits per heavy atom. The first-order valence-electron chi connectivity index (χ1n) is 4.59. The maximum Gasteiger partial charge on any atom is 0.398 e. The minimum Gasteiger partial charge on any atom is -0.249 e. The Hall–Kier alpha value is -1.23. The van der Waals surface area contributed by atoms with E-state index in [0.29, 0.717) is 5.03 Å². The Morgan fingerprint density at radius 2 is 1.88 bits per heavy atom. The average Bonchev–Trinajstić information content (AvgIpc) is 2.25. The summed E-state index contributed by atoms with van der Waals surface area (Å²) >= 11 is 0.721. The highest BCUT2D eigenvalue weighted by molar-refractivity contribution is 7.99. The van der Waals surface area contributed by atoms with Crippen LogP contribution in [-0.2, 0) is 0 Å². The second-order valence-corrected chi connectivity index (χ2v) is 4.21. The van der Waals surface area contributed by atoms with Gasteiger partial charge in [0.05, 0.1) is 5.75 Å². The molecule has 2 aromatic rings. The van der Waals surface area contributed by atoms with Gasteiger partial charge in [-0.25, -0.2) is 4.98 Å². The third kappa shape index (κ3) is 2.66. The molecular formula is C11H8F3NS. The fourth-order valence-corrected chi connectivity index (χ4v) is 2.13. The number of nitrogens with zero attached hydrogens (tertiary/aromatic N) is 1. The lowest BCUT2D eigenvalue weighted by molar-refractivity contribution is -0.105. The van der Waals surface area contributed by atoms with E-state index >= 15 is 0 Å². The molecule has 0 fully saturated rings. The maximum atomic E-state index is 12.1. The number of hydrogen-bond acceptors (Lipinski definition) is 2. The molecule has 0 aliphatic heterocycles. The lowest BCUT2D eigenvalue weighted by Gasteiger charge is -2.07. The van der Waals surface area contributed by atoms with Crippen molar-refractivity contribution < 1.29 is 13.2 Å². The van der Waals surface area contributed by atoms with Gasteiger partial charge in [-0.2, -0.15) is 13.2 Å². The molecule has 2 rings (SSSR count). The van der Waals surface area contributed by atoms with Gasteiger partial charge in [-0.05, 0) is 11.5 Å². The van der Waals surface area contributed by atoms with E-state index in [0.717, 1.165) is 22.5 Å². The molecule has 1 heterocycles. The lowest BCUT2D eigenvalue weighted by Crippen LogP contribution is -2.10. The van der Waals surface area contributed by atoms with E-state index in [-0.39, 0.29) is 0 Å². The van der Waals surface area contributed by atoms with Gasteiger partial charge in [0.15, 0.2) is 0 Å². The molecule has 0 bridgehead atoms. The van der Waals surface area contributed by atoms with E-state index in [1.165, 1.54) is 6.20 Å². The normalized spacial score (nSPS) is 11.9. The van der Waals surface area contributed by atoms with E-state index in [1.54, 1.807) is 18.2 Å². The van der Waals surface area contributed by atoms with Crippen molar-refractivity contribution in [1.82, 2.24) is 4.98 Å². The van der Waals surface area contributed by atoms with Crippen molar-refractivity contribution in [2.24, 2.45) is 0 Å². The van der Waals surface area contributed by atoms with Crippen molar-refractivity contribution in [2.45, 2.75) is 11.2 Å². The van der Waals surface area contributed by atoms with Crippen molar-refractivity contribution in [1.29, 1.82) is 0 Å². The Balaban J connectivity index is 2.30. The second-order valence-electron chi connectivity index (χ2n) is 3.24. The molecule has 16 heavy (non-hydrogen) atoms. The first-order valence-corrected chi connectivity index (χ1v) is 5.58. The molecule has 0 atom stereocenters. The monoisotopic (exact) mass is 243 g/mol. The largest absolute Gasteiger partial charge is 0.398 e. The van der Waals surface area contributed by atoms with Gasteiger partial charge in [0.2, 0.25) is 0 Å². The molecule has 0 N–H and O–H groups in total. The van der Waals surface area contributed by atoms with Crippen LogP contribution < -0.4 is 0 Å². The molecule has 1 nitrogen and oxygen atoms in total. The summed E-state index contributed by atoms with van der Waals surface area (Å²) in [6, 6.07) is 9.06. The van der Waals surface area contributed by atoms with Crippen molar-refractivity contribution >= 4 is 22.5 Å². The first kappa shape index (κ1) is 11.3. The van der Waals surface area contributed by atoms with E-state index in [1.807, 2.05) is 12.1 Å². The zero-order valence-electron chi connectivity index (χ0n) is 8.16. The number of thioether (sulfide) groups is 1. The Labute approximate surface area is 94.7 Å². The van der Waals surface area contributed by atoms with Gasteiger partial charge >= 0.3 is 6.18 Å². The van der Waals surface area contributed by atoms with Crippen LogP contribution in [0.1, 0.15) is 0 Å². The molecule has 84 valence electrons. The van der Waals surface area contributed by atoms with Crippen LogP contribution >= 0.6 is 11.8 Å². The van der Waals surface area contributed by atoms with Gasteiger partial charge in [0.1, 0.15) is 5.03 Å². The van der Waals surface area contributed by atoms with E-state index in [4.69, 9.17) is 0 Å². The zero-order chi connectivity index (χ0) is 11.6. The Morgan fingerprint density at radius 1 is 1.12 bits per heavy atom. The summed E-state index contributed by atoms with van der Waals surface area (Å²) in [6.07, 6.45) is -2.63. The first-order chi connectivity index (χ1) is 7.56. The fourth-order valence-electron chi connectivity index (χ4n) is 1.36. The molecular weight excluding hydrogens is 235 g/mol. The molecule has 0 amide bonds. The molecule has 0 radical (unpaired) electrons. The predicted octanol–water partition coefficient (Wildman–Crippen LogP) is 3.89. The summed E-state index contributed by atoms with van der Waals surface area (Å²) in [5.74, 6) is -0.909. The number of aromatic nitrogens is 1. The van der Waals surface area contributed by atoms with Crippen molar-refractivity contribution in [3.63, 3.8) is 0 Å². The molecule has 0 aliphatic rings. The van der Waals surface area contributed by atoms with Crippen LogP contribution in [-0.4, -0.2) is 16.9 Å². The molecule has 1 aromatic heterocycles. The summed E-state index contributed by atoms with van der Waals surface area (Å²) in [5.41, 5.74) is 0. The topological polar surface area (TPSA) is 12.9 Å². The van der Waals surface area contributed by atoms with Gasteiger partial charge in [0, 0.05) is 11.6 Å². The number of halogens is 3. The SMILES string of the molecule is FC(F)(F)CSc1nccc2ccccc12. The summed E-state index contributed by atoms with van der Waals surface area (Å²) < 4.78 is 36.3. The Bertz CT molecular complexity index is 491. The molecule has 1 aromatic carbocycles. The minimum atomic E-state index is -4.16. The number of rotatable bonds is 2. The standard InChI is InChI=1S/C11H8F3NS/c12-11(13,14)7-16-10-9-4-2-1-3-8(9)5-6-15-10/h1-6H,7H2. The van der Waals surface area contributed by atoms with Crippen LogP contribution in [0.2, 0.25) is 0 Å². The molecule has 0 saturated carbocycles. The second kappa shape index (κ2) is 4.33. The van der Waals surface area contributed by atoms with E-state index in [9.17, 15) is 13.2 Å². The molecule has 5 heteroatoms. The number of pyridine rings is 1. The third-order valence-electron chi connectivity index (χ3n) is 2.01. The van der Waals surface area contributed by atoms with Crippen LogP contribution in [0.15, 0.2) is 41.6 Å².